The van der Waals surface area contributed by atoms with Gasteiger partial charge in [0.15, 0.2) is 5.13 Å². The van der Waals surface area contributed by atoms with Gasteiger partial charge in [-0.2, -0.15) is 0 Å². The van der Waals surface area contributed by atoms with Crippen molar-refractivity contribution < 1.29 is 28.2 Å². The van der Waals surface area contributed by atoms with Gasteiger partial charge in [0.25, 0.3) is 12.4 Å². The number of rotatable bonds is 2. The van der Waals surface area contributed by atoms with Gasteiger partial charge in [0.2, 0.25) is 5.91 Å². The fraction of sp³-hybridized carbons (Fsp3) is 0.722. The molecule has 28 heavy (non-hydrogen) atoms. The number of carboxylic acid groups (broad SMARTS) is 1. The first kappa shape index (κ1) is 20.9. The second kappa shape index (κ2) is 9.13. The Morgan fingerprint density at radius 2 is 1.89 bits per heavy atom. The van der Waals surface area contributed by atoms with E-state index >= 15 is 0 Å². The Morgan fingerprint density at radius 3 is 2.54 bits per heavy atom. The third-order valence-electron chi connectivity index (χ3n) is 5.36. The summed E-state index contributed by atoms with van der Waals surface area (Å²) in [7, 11) is 0. The molecule has 156 valence electrons. The molecule has 0 bridgehead atoms. The lowest BCUT2D eigenvalue weighted by atomic mass is 9.89. The van der Waals surface area contributed by atoms with Crippen LogP contribution in [0.1, 0.15) is 29.8 Å². The number of nitrogens with zero attached hydrogens (tertiary/aromatic N) is 3. The molecule has 1 unspecified atom stereocenters. The highest BCUT2D eigenvalue weighted by Crippen LogP contribution is 2.36. The van der Waals surface area contributed by atoms with Gasteiger partial charge in [0.05, 0.1) is 18.9 Å². The summed E-state index contributed by atoms with van der Waals surface area (Å²) in [6, 6.07) is 0. The molecule has 1 amide bonds. The molecule has 7 nitrogen and oxygen atoms in total. The number of fused-ring (bicyclic) bond motifs is 1. The van der Waals surface area contributed by atoms with Crippen molar-refractivity contribution in [1.82, 2.24) is 9.88 Å². The Labute approximate surface area is 166 Å². The van der Waals surface area contributed by atoms with Crippen molar-refractivity contribution in [1.29, 1.82) is 0 Å². The third kappa shape index (κ3) is 4.96. The first-order chi connectivity index (χ1) is 13.4. The summed E-state index contributed by atoms with van der Waals surface area (Å²) in [5, 5.41) is 7.92. The van der Waals surface area contributed by atoms with Crippen molar-refractivity contribution in [3.05, 3.63) is 10.6 Å². The van der Waals surface area contributed by atoms with E-state index in [4.69, 9.17) is 19.6 Å². The standard InChI is InChI=1S/C17H23F2N3O2S.CH2O2/c18-17(19)3-5-21(6-4-17)15(23)12-1-2-14-13(11-12)20-16(25-14)22-7-9-24-10-8-22;2-1-3/h12H,1-11H2;1H,(H,2,3). The molecule has 0 saturated carbocycles. The summed E-state index contributed by atoms with van der Waals surface area (Å²) < 4.78 is 32.0. The van der Waals surface area contributed by atoms with E-state index in [1.165, 1.54) is 4.88 Å². The van der Waals surface area contributed by atoms with Crippen LogP contribution in [0.5, 0.6) is 0 Å². The Morgan fingerprint density at radius 1 is 1.25 bits per heavy atom. The minimum atomic E-state index is -2.61. The highest BCUT2D eigenvalue weighted by molar-refractivity contribution is 7.15. The molecule has 0 spiro atoms. The third-order valence-corrected chi connectivity index (χ3v) is 6.58. The topological polar surface area (TPSA) is 83.0 Å². The number of carbonyl (C=O) groups excluding carboxylic acids is 1. The average molecular weight is 417 g/mol. The van der Waals surface area contributed by atoms with E-state index in [1.54, 1.807) is 16.2 Å². The second-order valence-corrected chi connectivity index (χ2v) is 8.25. The van der Waals surface area contributed by atoms with Gasteiger partial charge >= 0.3 is 0 Å². The molecule has 1 aromatic rings. The number of piperidine rings is 1. The number of carbonyl (C=O) groups is 2. The molecule has 0 aromatic carbocycles. The van der Waals surface area contributed by atoms with Gasteiger partial charge in [-0.15, -0.1) is 11.3 Å². The molecule has 0 radical (unpaired) electrons. The van der Waals surface area contributed by atoms with E-state index in [0.29, 0.717) is 6.42 Å². The minimum absolute atomic E-state index is 0.0297. The molecule has 1 atom stereocenters. The maximum absolute atomic E-state index is 13.3. The Balaban J connectivity index is 0.000000706. The predicted molar refractivity (Wildman–Crippen MR) is 100 cm³/mol. The number of likely N-dealkylation sites (tertiary alicyclic amines) is 1. The number of halogens is 2. The van der Waals surface area contributed by atoms with Crippen molar-refractivity contribution in [2.75, 3.05) is 44.3 Å². The lowest BCUT2D eigenvalue weighted by Gasteiger charge is -2.34. The van der Waals surface area contributed by atoms with Gasteiger partial charge < -0.3 is 19.6 Å². The van der Waals surface area contributed by atoms with E-state index in [0.717, 1.165) is 50.0 Å². The molecule has 1 aromatic heterocycles. The van der Waals surface area contributed by atoms with Crippen LogP contribution in [0.4, 0.5) is 13.9 Å². The summed E-state index contributed by atoms with van der Waals surface area (Å²) >= 11 is 1.73. The van der Waals surface area contributed by atoms with E-state index in [1.807, 2.05) is 0 Å². The van der Waals surface area contributed by atoms with Crippen LogP contribution in [0.15, 0.2) is 0 Å². The first-order valence-electron chi connectivity index (χ1n) is 9.49. The molecule has 10 heteroatoms. The number of ether oxygens (including phenoxy) is 1. The van der Waals surface area contributed by atoms with E-state index in [2.05, 4.69) is 4.90 Å². The fourth-order valence-electron chi connectivity index (χ4n) is 3.78. The van der Waals surface area contributed by atoms with Crippen LogP contribution in [0.25, 0.3) is 0 Å². The molecule has 2 aliphatic heterocycles. The maximum atomic E-state index is 13.3. The smallest absolute Gasteiger partial charge is 0.290 e. The number of thiazole rings is 1. The van der Waals surface area contributed by atoms with Crippen LogP contribution in [-0.4, -0.2) is 72.7 Å². The summed E-state index contributed by atoms with van der Waals surface area (Å²) in [6.45, 7) is 3.26. The highest BCUT2D eigenvalue weighted by atomic mass is 32.1. The normalized spacial score (nSPS) is 24.0. The number of alkyl halides is 2. The van der Waals surface area contributed by atoms with Crippen LogP contribution in [0.2, 0.25) is 0 Å². The first-order valence-corrected chi connectivity index (χ1v) is 10.3. The van der Waals surface area contributed by atoms with Crippen LogP contribution in [0.3, 0.4) is 0 Å². The number of hydrogen-bond donors (Lipinski definition) is 1. The highest BCUT2D eigenvalue weighted by Gasteiger charge is 2.38. The monoisotopic (exact) mass is 417 g/mol. The number of aryl methyl sites for hydroxylation is 1. The van der Waals surface area contributed by atoms with Gasteiger partial charge in [-0.3, -0.25) is 9.59 Å². The SMILES string of the molecule is O=C(C1CCc2sc(N3CCOCC3)nc2C1)N1CCC(F)(F)CC1.O=CO. The number of anilines is 1. The van der Waals surface area contributed by atoms with Gasteiger partial charge in [-0.1, -0.05) is 0 Å². The van der Waals surface area contributed by atoms with Crippen LogP contribution in [-0.2, 0) is 27.2 Å². The number of aromatic nitrogens is 1. The second-order valence-electron chi connectivity index (χ2n) is 7.19. The van der Waals surface area contributed by atoms with Gasteiger partial charge in [0.1, 0.15) is 0 Å². The van der Waals surface area contributed by atoms with Crippen molar-refractivity contribution in [2.45, 2.75) is 38.0 Å². The Kier molecular flexibility index (Phi) is 6.82. The van der Waals surface area contributed by atoms with Crippen molar-refractivity contribution in [2.24, 2.45) is 5.92 Å². The number of hydrogen-bond acceptors (Lipinski definition) is 6. The Bertz CT molecular complexity index is 684. The van der Waals surface area contributed by atoms with Crippen LogP contribution < -0.4 is 4.90 Å². The maximum Gasteiger partial charge on any atom is 0.290 e. The van der Waals surface area contributed by atoms with Crippen molar-refractivity contribution in [3.63, 3.8) is 0 Å². The van der Waals surface area contributed by atoms with Gasteiger partial charge in [-0.05, 0) is 12.8 Å². The molecule has 3 heterocycles. The van der Waals surface area contributed by atoms with Crippen LogP contribution in [0, 0.1) is 5.92 Å². The van der Waals surface area contributed by atoms with E-state index in [9.17, 15) is 13.6 Å². The molecule has 3 aliphatic rings. The zero-order chi connectivity index (χ0) is 20.1. The zero-order valence-corrected chi connectivity index (χ0v) is 16.4. The average Bonchev–Trinajstić information content (AvgIpc) is 3.12. The molecule has 2 saturated heterocycles. The lowest BCUT2D eigenvalue weighted by molar-refractivity contribution is -0.142. The van der Waals surface area contributed by atoms with Crippen molar-refractivity contribution >= 4 is 28.8 Å². The minimum Gasteiger partial charge on any atom is -0.483 e. The summed E-state index contributed by atoms with van der Waals surface area (Å²) in [5.41, 5.74) is 1.03. The number of amides is 1. The van der Waals surface area contributed by atoms with Crippen molar-refractivity contribution in [3.8, 4) is 0 Å². The largest absolute Gasteiger partial charge is 0.483 e. The summed E-state index contributed by atoms with van der Waals surface area (Å²) in [5.74, 6) is -2.70. The number of morpholine rings is 1. The molecular weight excluding hydrogens is 392 g/mol. The predicted octanol–water partition coefficient (Wildman–Crippen LogP) is 2.04. The summed E-state index contributed by atoms with van der Waals surface area (Å²) in [4.78, 5) is 31.0. The van der Waals surface area contributed by atoms with Crippen LogP contribution >= 0.6 is 11.3 Å². The lowest BCUT2D eigenvalue weighted by Crippen LogP contribution is -2.46. The van der Waals surface area contributed by atoms with Gasteiger partial charge in [-0.25, -0.2) is 13.8 Å². The molecule has 2 fully saturated rings. The van der Waals surface area contributed by atoms with E-state index < -0.39 is 5.92 Å². The molecular formula is C18H25F2N3O4S. The molecule has 4 rings (SSSR count). The zero-order valence-electron chi connectivity index (χ0n) is 15.6. The fourth-order valence-corrected chi connectivity index (χ4v) is 4.93. The summed E-state index contributed by atoms with van der Waals surface area (Å²) in [6.07, 6.45) is 1.87. The molecule has 1 aliphatic carbocycles. The van der Waals surface area contributed by atoms with Gasteiger partial charge in [0, 0.05) is 56.2 Å². The van der Waals surface area contributed by atoms with E-state index in [-0.39, 0.29) is 44.2 Å². The quantitative estimate of drug-likeness (QED) is 0.742. The Hall–Kier alpha value is -1.81. The molecule has 1 N–H and O–H groups in total.